The molecule has 11 heteroatoms. The monoisotopic (exact) mass is 459 g/mol. The maximum atomic E-state index is 12.4. The van der Waals surface area contributed by atoms with Gasteiger partial charge < -0.3 is 14.2 Å². The van der Waals surface area contributed by atoms with Crippen LogP contribution in [0.2, 0.25) is 0 Å². The number of anilines is 1. The molecule has 170 valence electrons. The van der Waals surface area contributed by atoms with Gasteiger partial charge in [0.2, 0.25) is 5.16 Å². The molecule has 0 radical (unpaired) electrons. The molecule has 5 rings (SSSR count). The molecule has 1 aromatic heterocycles. The Kier molecular flexibility index (Phi) is 6.11. The SMILES string of the molecule is CC(=O)c1ccc(NC(=O)O[C@H]2CO[C@@H]3[C@@H]2OC[C@@H]3n2nnnc2SC2CCCC2)cc1. The number of thioether (sulfide) groups is 1. The van der Waals surface area contributed by atoms with Crippen molar-refractivity contribution in [3.8, 4) is 0 Å². The van der Waals surface area contributed by atoms with E-state index in [1.54, 1.807) is 40.7 Å². The fourth-order valence-electron chi connectivity index (χ4n) is 4.45. The van der Waals surface area contributed by atoms with Crippen molar-refractivity contribution >= 4 is 29.3 Å². The van der Waals surface area contributed by atoms with E-state index in [-0.39, 0.29) is 30.6 Å². The zero-order valence-corrected chi connectivity index (χ0v) is 18.5. The Morgan fingerprint density at radius 2 is 1.88 bits per heavy atom. The second-order valence-electron chi connectivity index (χ2n) is 8.30. The zero-order valence-electron chi connectivity index (χ0n) is 17.7. The molecule has 4 atom stereocenters. The summed E-state index contributed by atoms with van der Waals surface area (Å²) in [6.07, 6.45) is 3.09. The molecule has 2 saturated heterocycles. The minimum Gasteiger partial charge on any atom is -0.441 e. The van der Waals surface area contributed by atoms with Gasteiger partial charge in [0, 0.05) is 16.5 Å². The van der Waals surface area contributed by atoms with Gasteiger partial charge in [-0.05, 0) is 54.5 Å². The average molecular weight is 460 g/mol. The molecule has 1 amide bonds. The highest BCUT2D eigenvalue weighted by Gasteiger charge is 2.51. The summed E-state index contributed by atoms with van der Waals surface area (Å²) in [5.41, 5.74) is 1.12. The van der Waals surface area contributed by atoms with E-state index in [2.05, 4.69) is 20.8 Å². The van der Waals surface area contributed by atoms with Crippen molar-refractivity contribution in [2.45, 2.75) is 67.4 Å². The molecular weight excluding hydrogens is 434 g/mol. The summed E-state index contributed by atoms with van der Waals surface area (Å²) in [4.78, 5) is 23.8. The van der Waals surface area contributed by atoms with E-state index in [0.29, 0.717) is 23.1 Å². The van der Waals surface area contributed by atoms with E-state index in [1.807, 2.05) is 0 Å². The molecular formula is C21H25N5O5S. The Balaban J connectivity index is 1.19. The molecule has 0 spiro atoms. The normalized spacial score (nSPS) is 27.4. The van der Waals surface area contributed by atoms with E-state index >= 15 is 0 Å². The number of ether oxygens (including phenoxy) is 3. The van der Waals surface area contributed by atoms with Gasteiger partial charge in [0.15, 0.2) is 11.9 Å². The number of tetrazole rings is 1. The van der Waals surface area contributed by atoms with Gasteiger partial charge in [-0.2, -0.15) is 0 Å². The van der Waals surface area contributed by atoms with Crippen LogP contribution in [0.25, 0.3) is 0 Å². The highest BCUT2D eigenvalue weighted by atomic mass is 32.2. The molecule has 0 bridgehead atoms. The van der Waals surface area contributed by atoms with Gasteiger partial charge in [0.25, 0.3) is 0 Å². The first-order valence-corrected chi connectivity index (χ1v) is 11.7. The molecule has 2 aliphatic heterocycles. The van der Waals surface area contributed by atoms with Gasteiger partial charge in [0.05, 0.1) is 13.2 Å². The number of aromatic nitrogens is 4. The van der Waals surface area contributed by atoms with Crippen molar-refractivity contribution in [1.29, 1.82) is 0 Å². The van der Waals surface area contributed by atoms with Crippen LogP contribution in [0.5, 0.6) is 0 Å². The smallest absolute Gasteiger partial charge is 0.412 e. The van der Waals surface area contributed by atoms with Crippen LogP contribution in [0.3, 0.4) is 0 Å². The molecule has 1 aliphatic carbocycles. The van der Waals surface area contributed by atoms with Gasteiger partial charge in [-0.15, -0.1) is 5.10 Å². The van der Waals surface area contributed by atoms with Crippen LogP contribution < -0.4 is 5.32 Å². The second-order valence-corrected chi connectivity index (χ2v) is 9.56. The summed E-state index contributed by atoms with van der Waals surface area (Å²) in [5, 5.41) is 16.3. The molecule has 10 nitrogen and oxygen atoms in total. The third-order valence-electron chi connectivity index (χ3n) is 6.13. The number of fused-ring (bicyclic) bond motifs is 1. The number of amides is 1. The average Bonchev–Trinajstić information content (AvgIpc) is 3.56. The van der Waals surface area contributed by atoms with Crippen LogP contribution in [0, 0.1) is 0 Å². The first-order chi connectivity index (χ1) is 15.6. The molecule has 1 saturated carbocycles. The second kappa shape index (κ2) is 9.16. The van der Waals surface area contributed by atoms with E-state index in [9.17, 15) is 9.59 Å². The Hall–Kier alpha value is -2.50. The van der Waals surface area contributed by atoms with E-state index in [4.69, 9.17) is 14.2 Å². The zero-order chi connectivity index (χ0) is 22.1. The number of benzene rings is 1. The molecule has 1 N–H and O–H groups in total. The number of Topliss-reactive ketones (excluding diaryl/α,β-unsaturated/α-hetero) is 1. The van der Waals surface area contributed by atoms with Crippen molar-refractivity contribution in [3.05, 3.63) is 29.8 Å². The summed E-state index contributed by atoms with van der Waals surface area (Å²) in [5.74, 6) is -0.0337. The van der Waals surface area contributed by atoms with Crippen molar-refractivity contribution in [1.82, 2.24) is 20.2 Å². The molecule has 3 aliphatic rings. The maximum Gasteiger partial charge on any atom is 0.412 e. The summed E-state index contributed by atoms with van der Waals surface area (Å²) >= 11 is 1.72. The maximum absolute atomic E-state index is 12.4. The van der Waals surface area contributed by atoms with Gasteiger partial charge in [-0.25, -0.2) is 9.48 Å². The van der Waals surface area contributed by atoms with E-state index < -0.39 is 12.2 Å². The fourth-order valence-corrected chi connectivity index (χ4v) is 5.69. The van der Waals surface area contributed by atoms with E-state index in [1.165, 1.54) is 32.6 Å². The van der Waals surface area contributed by atoms with Gasteiger partial charge in [-0.1, -0.05) is 24.6 Å². The van der Waals surface area contributed by atoms with Crippen LogP contribution in [0.4, 0.5) is 10.5 Å². The molecule has 1 aromatic carbocycles. The lowest BCUT2D eigenvalue weighted by Gasteiger charge is -2.18. The molecule has 3 fully saturated rings. The summed E-state index contributed by atoms with van der Waals surface area (Å²) in [6.45, 7) is 2.14. The van der Waals surface area contributed by atoms with E-state index in [0.717, 1.165) is 5.16 Å². The first-order valence-electron chi connectivity index (χ1n) is 10.8. The van der Waals surface area contributed by atoms with Gasteiger partial charge >= 0.3 is 6.09 Å². The molecule has 3 heterocycles. The number of hydrogen-bond acceptors (Lipinski definition) is 9. The molecule has 32 heavy (non-hydrogen) atoms. The Labute approximate surface area is 189 Å². The van der Waals surface area contributed by atoms with Crippen LogP contribution in [-0.4, -0.2) is 68.9 Å². The van der Waals surface area contributed by atoms with Gasteiger partial charge in [0.1, 0.15) is 18.2 Å². The summed E-state index contributed by atoms with van der Waals surface area (Å²) in [6, 6.07) is 6.48. The number of rotatable bonds is 6. The number of ketones is 1. The molecule has 0 unspecified atom stereocenters. The third kappa shape index (κ3) is 4.37. The number of hydrogen-bond donors (Lipinski definition) is 1. The Morgan fingerprint density at radius 1 is 1.12 bits per heavy atom. The number of carbonyl (C=O) groups excluding carboxylic acids is 2. The highest BCUT2D eigenvalue weighted by Crippen LogP contribution is 2.39. The Bertz CT molecular complexity index is 977. The van der Waals surface area contributed by atoms with Crippen LogP contribution >= 0.6 is 11.8 Å². The fraction of sp³-hybridized carbons (Fsp3) is 0.571. The van der Waals surface area contributed by atoms with Crippen LogP contribution in [0.15, 0.2) is 29.4 Å². The quantitative estimate of drug-likeness (QED) is 0.651. The lowest BCUT2D eigenvalue weighted by atomic mass is 10.1. The summed E-state index contributed by atoms with van der Waals surface area (Å²) < 4.78 is 19.3. The third-order valence-corrected chi connectivity index (χ3v) is 7.41. The molecule has 2 aromatic rings. The lowest BCUT2D eigenvalue weighted by molar-refractivity contribution is 0.00751. The van der Waals surface area contributed by atoms with Crippen LogP contribution in [-0.2, 0) is 14.2 Å². The predicted molar refractivity (Wildman–Crippen MR) is 115 cm³/mol. The number of carbonyl (C=O) groups is 2. The number of nitrogens with one attached hydrogen (secondary N) is 1. The summed E-state index contributed by atoms with van der Waals surface area (Å²) in [7, 11) is 0. The van der Waals surface area contributed by atoms with Crippen molar-refractivity contribution in [3.63, 3.8) is 0 Å². The van der Waals surface area contributed by atoms with Gasteiger partial charge in [-0.3, -0.25) is 10.1 Å². The van der Waals surface area contributed by atoms with Crippen LogP contribution in [0.1, 0.15) is 49.0 Å². The highest BCUT2D eigenvalue weighted by molar-refractivity contribution is 7.99. The first kappa shape index (κ1) is 21.4. The van der Waals surface area contributed by atoms with Crippen molar-refractivity contribution in [2.75, 3.05) is 18.5 Å². The Morgan fingerprint density at radius 3 is 2.62 bits per heavy atom. The predicted octanol–water partition coefficient (Wildman–Crippen LogP) is 2.87. The lowest BCUT2D eigenvalue weighted by Crippen LogP contribution is -2.35. The minimum atomic E-state index is -0.596. The number of nitrogens with zero attached hydrogens (tertiary/aromatic N) is 4. The standard InChI is InChI=1S/C21H25N5O5S/c1-12(27)13-6-8-14(9-7-13)22-21(28)31-17-11-30-18-16(10-29-19(17)18)26-20(23-24-25-26)32-15-4-2-3-5-15/h6-9,15-19H,2-5,10-11H2,1H3,(H,22,28)/t16-,17-,18-,19+/m0/s1. The van der Waals surface area contributed by atoms with Crippen molar-refractivity contribution in [2.24, 2.45) is 0 Å². The topological polar surface area (TPSA) is 117 Å². The van der Waals surface area contributed by atoms with Crippen molar-refractivity contribution < 1.29 is 23.8 Å². The largest absolute Gasteiger partial charge is 0.441 e. The minimum absolute atomic E-state index is 0.0337.